The molecule has 0 unspecified atom stereocenters. The molecule has 3 aromatic carbocycles. The van der Waals surface area contributed by atoms with Crippen LogP contribution in [-0.2, 0) is 80.0 Å². The van der Waals surface area contributed by atoms with Crippen LogP contribution in [0.5, 0.6) is 5.75 Å². The molecule has 8 rings (SSSR count). The number of hydrogen-bond acceptors (Lipinski definition) is 17. The number of amides is 11. The lowest BCUT2D eigenvalue weighted by Crippen LogP contribution is -2.61. The number of primary amides is 1. The molecule has 1 fully saturated rings. The van der Waals surface area contributed by atoms with Gasteiger partial charge in [-0.05, 0) is 73.1 Å². The summed E-state index contributed by atoms with van der Waals surface area (Å²) in [5.41, 5.74) is 24.5. The number of aromatic hydroxyl groups is 1. The molecule has 98 heavy (non-hydrogen) atoms. The normalized spacial score (nSPS) is 15.2. The van der Waals surface area contributed by atoms with Crippen LogP contribution in [0.3, 0.4) is 0 Å². The molecule has 520 valence electrons. The number of hydrazine groups is 1. The molecule has 5 heterocycles. The number of fused-ring (bicyclic) bond motifs is 2. The molecule has 35 nitrogen and oxygen atoms in total. The second kappa shape index (κ2) is 34.5. The predicted octanol–water partition coefficient (Wildman–Crippen LogP) is -3.15. The van der Waals surface area contributed by atoms with Crippen molar-refractivity contribution in [2.45, 2.75) is 125 Å². The highest BCUT2D eigenvalue weighted by atomic mass is 16.4. The zero-order chi connectivity index (χ0) is 70.4. The molecular formula is C63H79N21O14. The standard InChI is InChI=1S/C63H79N21O14/c64-41(17-18-52(87)88)53(89)76-47(24-36-28-68-31-73-36)58(94)78-46(23-35-27-72-43-10-4-2-8-40(35)43)56(92)81-50(30-85)59(95)79-48(25-37-29-69-32-74-37)57(93)75-44(11-5-19-70-62(65)66)54(90)77-45(22-34-26-71-42-9-3-1-7-39(34)42)55(91)80-49(21-33-13-15-38(86)16-14-33)61(97)84-20-6-12-51(84)60(96)82-83-63(67)98/h1-4,7-10,13-16,26-29,31-32,41,44-51,71-72,85-86H,5-6,11-12,17-25,30,64H2,(H,68,73)(H,69,74)(H,75,93)(H,76,89)(H,77,90)(H,78,94)(H,79,95)(H,80,91)(H,81,92)(H,82,96)(H,87,88)(H4,65,66,70)(H3,67,83,98)/t41-,44+,45-,46-,47-,48-,49-,50-,51-/m0/s1. The van der Waals surface area contributed by atoms with Gasteiger partial charge in [-0.15, -0.1) is 0 Å². The highest BCUT2D eigenvalue weighted by Gasteiger charge is 2.40. The molecule has 11 amide bonds. The van der Waals surface area contributed by atoms with Gasteiger partial charge in [0, 0.05) is 110 Å². The second-order valence-electron chi connectivity index (χ2n) is 23.4. The van der Waals surface area contributed by atoms with E-state index in [1.54, 1.807) is 60.9 Å². The number of aliphatic carboxylic acids is 1. The van der Waals surface area contributed by atoms with Crippen molar-refractivity contribution in [3.63, 3.8) is 0 Å². The summed E-state index contributed by atoms with van der Waals surface area (Å²) in [5, 5.41) is 60.4. The minimum Gasteiger partial charge on any atom is -0.508 e. The van der Waals surface area contributed by atoms with Crippen molar-refractivity contribution in [3.05, 3.63) is 138 Å². The van der Waals surface area contributed by atoms with Crippen LogP contribution in [0.4, 0.5) is 4.79 Å². The van der Waals surface area contributed by atoms with Gasteiger partial charge in [-0.25, -0.2) is 20.2 Å². The van der Waals surface area contributed by atoms with Gasteiger partial charge in [0.1, 0.15) is 54.1 Å². The fraction of sp³-hybridized carbons (Fsp3) is 0.365. The third-order valence-electron chi connectivity index (χ3n) is 16.3. The molecular weight excluding hydrogens is 1270 g/mol. The quantitative estimate of drug-likeness (QED) is 0.00820. The number of rotatable bonds is 34. The number of aromatic amines is 4. The Labute approximate surface area is 558 Å². The van der Waals surface area contributed by atoms with E-state index in [0.717, 1.165) is 0 Å². The van der Waals surface area contributed by atoms with E-state index < -0.39 is 139 Å². The number of nitrogens with one attached hydrogen (secondary N) is 15. The first-order chi connectivity index (χ1) is 47.0. The van der Waals surface area contributed by atoms with E-state index in [1.165, 1.54) is 54.2 Å². The number of phenolic OH excluding ortho intramolecular Hbond substituents is 1. The highest BCUT2D eigenvalue weighted by Crippen LogP contribution is 2.24. The molecule has 1 saturated heterocycles. The van der Waals surface area contributed by atoms with Gasteiger partial charge in [0.2, 0.25) is 47.3 Å². The summed E-state index contributed by atoms with van der Waals surface area (Å²) >= 11 is 0. The number of guanidine groups is 1. The first-order valence-electron chi connectivity index (χ1n) is 31.3. The van der Waals surface area contributed by atoms with Crippen molar-refractivity contribution < 1.29 is 68.1 Å². The van der Waals surface area contributed by atoms with Crippen molar-refractivity contribution in [2.75, 3.05) is 19.7 Å². The number of benzene rings is 3. The van der Waals surface area contributed by atoms with E-state index in [4.69, 9.17) is 22.6 Å². The number of carboxylic acid groups (broad SMARTS) is 1. The maximum absolute atomic E-state index is 15.1. The Morgan fingerprint density at radius 3 is 1.56 bits per heavy atom. The fourth-order valence-electron chi connectivity index (χ4n) is 11.2. The Morgan fingerprint density at radius 1 is 0.582 bits per heavy atom. The van der Waals surface area contributed by atoms with Crippen molar-refractivity contribution in [3.8, 4) is 5.75 Å². The SMILES string of the molecule is N=C(N)NCCC[C@@H](NC(=O)[C@H](Cc1cnc[nH]1)NC(=O)[C@H](CO)NC(=O)[C@H](Cc1c[nH]c2ccccc12)NC(=O)[C@H](Cc1cnc[nH]1)NC(=O)[C@@H](N)CCC(=O)O)C(=O)N[C@@H](Cc1c[nH]c2ccccc12)C(=O)N[C@@H](Cc1ccc(O)cc1)C(=O)N1CCC[C@H]1C(=O)NNC(N)=O. The number of likely N-dealkylation sites (tertiary alicyclic amines) is 1. The predicted molar refractivity (Wildman–Crippen MR) is 351 cm³/mol. The van der Waals surface area contributed by atoms with Gasteiger partial charge < -0.3 is 99.9 Å². The number of carboxylic acids is 1. The molecule has 4 aromatic heterocycles. The molecule has 0 bridgehead atoms. The van der Waals surface area contributed by atoms with E-state index in [-0.39, 0.29) is 82.3 Å². The topological polar surface area (TPSA) is 563 Å². The summed E-state index contributed by atoms with van der Waals surface area (Å²) < 4.78 is 0. The number of hydrogen-bond donors (Lipinski definition) is 21. The van der Waals surface area contributed by atoms with Gasteiger partial charge in [0.05, 0.1) is 25.3 Å². The summed E-state index contributed by atoms with van der Waals surface area (Å²) in [7, 11) is 0. The van der Waals surface area contributed by atoms with Crippen LogP contribution in [0, 0.1) is 5.41 Å². The fourth-order valence-corrected chi connectivity index (χ4v) is 11.2. The maximum Gasteiger partial charge on any atom is 0.330 e. The average molecular weight is 1350 g/mol. The average Bonchev–Trinajstić information content (AvgIpc) is 1.62. The first-order valence-corrected chi connectivity index (χ1v) is 31.3. The number of carbonyl (C=O) groups excluding carboxylic acids is 10. The van der Waals surface area contributed by atoms with Gasteiger partial charge in [-0.2, -0.15) is 0 Å². The number of aromatic nitrogens is 6. The summed E-state index contributed by atoms with van der Waals surface area (Å²) in [4.78, 5) is 174. The zero-order valence-electron chi connectivity index (χ0n) is 52.9. The van der Waals surface area contributed by atoms with Crippen LogP contribution in [0.1, 0.15) is 66.6 Å². The van der Waals surface area contributed by atoms with Crippen molar-refractivity contribution >= 4 is 92.9 Å². The van der Waals surface area contributed by atoms with Gasteiger partial charge >= 0.3 is 12.0 Å². The van der Waals surface area contributed by atoms with Crippen molar-refractivity contribution in [1.29, 1.82) is 5.41 Å². The van der Waals surface area contributed by atoms with Crippen LogP contribution in [0.15, 0.2) is 110 Å². The lowest BCUT2D eigenvalue weighted by atomic mass is 10.0. The largest absolute Gasteiger partial charge is 0.508 e. The number of aliphatic hydroxyl groups is 1. The van der Waals surface area contributed by atoms with Gasteiger partial charge in [0.25, 0.3) is 5.91 Å². The lowest BCUT2D eigenvalue weighted by molar-refractivity contribution is -0.142. The molecule has 9 atom stereocenters. The van der Waals surface area contributed by atoms with E-state index in [1.807, 2.05) is 5.43 Å². The summed E-state index contributed by atoms with van der Waals surface area (Å²) in [6.45, 7) is -0.988. The molecule has 7 aromatic rings. The minimum atomic E-state index is -1.84. The molecule has 0 radical (unpaired) electrons. The molecule has 0 spiro atoms. The number of nitrogens with two attached hydrogens (primary N) is 3. The number of urea groups is 1. The number of aliphatic hydroxyl groups excluding tert-OH is 1. The molecule has 35 heteroatoms. The van der Waals surface area contributed by atoms with Gasteiger partial charge in [-0.3, -0.25) is 58.8 Å². The lowest BCUT2D eigenvalue weighted by Gasteiger charge is -2.30. The third-order valence-corrected chi connectivity index (χ3v) is 16.3. The molecule has 1 aliphatic rings. The molecule has 1 aliphatic heterocycles. The van der Waals surface area contributed by atoms with Crippen molar-refractivity contribution in [1.82, 2.24) is 88.2 Å². The minimum absolute atomic E-state index is 0.0135. The highest BCUT2D eigenvalue weighted by molar-refractivity contribution is 5.99. The van der Waals surface area contributed by atoms with E-state index in [2.05, 4.69) is 77.9 Å². The Bertz CT molecular complexity index is 3950. The monoisotopic (exact) mass is 1350 g/mol. The number of imidazole rings is 2. The van der Waals surface area contributed by atoms with E-state index >= 15 is 9.59 Å². The van der Waals surface area contributed by atoms with Crippen molar-refractivity contribution in [2.24, 2.45) is 17.2 Å². The Morgan fingerprint density at radius 2 is 1.06 bits per heavy atom. The van der Waals surface area contributed by atoms with E-state index in [0.29, 0.717) is 50.6 Å². The number of H-pyrrole nitrogens is 4. The number of para-hydroxylation sites is 2. The van der Waals surface area contributed by atoms with Crippen LogP contribution >= 0.6 is 0 Å². The summed E-state index contributed by atoms with van der Waals surface area (Å²) in [5.74, 6) is -9.92. The third kappa shape index (κ3) is 20.3. The smallest absolute Gasteiger partial charge is 0.330 e. The summed E-state index contributed by atoms with van der Waals surface area (Å²) in [6, 6.07) is 5.53. The van der Waals surface area contributed by atoms with Crippen LogP contribution in [0.25, 0.3) is 21.8 Å². The zero-order valence-corrected chi connectivity index (χ0v) is 52.9. The van der Waals surface area contributed by atoms with Gasteiger partial charge in [0.15, 0.2) is 5.96 Å². The Hall–Kier alpha value is -11.9. The maximum atomic E-state index is 15.1. The number of nitrogens with zero attached hydrogens (tertiary/aromatic N) is 3. The second-order valence-corrected chi connectivity index (χ2v) is 23.4. The molecule has 0 aliphatic carbocycles. The molecule has 0 saturated carbocycles. The number of carbonyl (C=O) groups is 11. The summed E-state index contributed by atoms with van der Waals surface area (Å²) in [6.07, 6.45) is 7.14. The van der Waals surface area contributed by atoms with Crippen LogP contribution < -0.4 is 70.6 Å². The Balaban J connectivity index is 1.05. The van der Waals surface area contributed by atoms with E-state index in [9.17, 15) is 58.5 Å². The van der Waals surface area contributed by atoms with Gasteiger partial charge in [-0.1, -0.05) is 48.5 Å². The Kier molecular flexibility index (Phi) is 25.3. The number of phenols is 1. The van der Waals surface area contributed by atoms with Crippen LogP contribution in [0.2, 0.25) is 0 Å². The molecule has 24 N–H and O–H groups in total. The first kappa shape index (κ1) is 72.0. The van der Waals surface area contributed by atoms with Crippen LogP contribution in [-0.4, -0.2) is 195 Å².